The summed E-state index contributed by atoms with van der Waals surface area (Å²) in [7, 11) is 0. The van der Waals surface area contributed by atoms with Gasteiger partial charge in [-0.3, -0.25) is 4.79 Å². The second-order valence-electron chi connectivity index (χ2n) is 4.17. The van der Waals surface area contributed by atoms with Gasteiger partial charge in [0.05, 0.1) is 9.88 Å². The molecule has 0 N–H and O–H groups in total. The molecule has 1 heterocycles. The van der Waals surface area contributed by atoms with E-state index in [2.05, 4.69) is 4.98 Å². The minimum atomic E-state index is 0.0720. The van der Waals surface area contributed by atoms with E-state index in [9.17, 15) is 4.79 Å². The molecule has 0 aliphatic heterocycles. The molecular weight excluding hydrogens is 246 g/mol. The Bertz CT molecular complexity index is 575. The molecule has 0 radical (unpaired) electrons. The molecule has 2 aromatic rings. The Balaban J connectivity index is 2.08. The summed E-state index contributed by atoms with van der Waals surface area (Å²) in [6.07, 6.45) is 1.83. The number of carbonyl (C=O) groups is 1. The van der Waals surface area contributed by atoms with Crippen LogP contribution in [0.3, 0.4) is 0 Å². The number of Topliss-reactive ketones (excluding diaryl/α,β-unsaturated/α-hetero) is 1. The zero-order valence-electron chi connectivity index (χ0n) is 10.7. The number of hydrogen-bond donors (Lipinski definition) is 0. The molecule has 3 nitrogen and oxygen atoms in total. The van der Waals surface area contributed by atoms with E-state index in [1.54, 1.807) is 24.3 Å². The summed E-state index contributed by atoms with van der Waals surface area (Å²) in [5.74, 6) is 0.883. The van der Waals surface area contributed by atoms with Crippen LogP contribution in [0.25, 0.3) is 0 Å². The molecule has 1 aromatic heterocycles. The molecule has 0 bridgehead atoms. The van der Waals surface area contributed by atoms with Crippen molar-refractivity contribution in [3.63, 3.8) is 0 Å². The number of ketones is 1. The third kappa shape index (κ3) is 2.96. The third-order valence-corrected chi connectivity index (χ3v) is 3.51. The first-order chi connectivity index (χ1) is 8.56. The number of ether oxygens (including phenoxy) is 1. The maximum atomic E-state index is 11.2. The van der Waals surface area contributed by atoms with E-state index >= 15 is 0 Å². The maximum Gasteiger partial charge on any atom is 0.159 e. The first-order valence-electron chi connectivity index (χ1n) is 5.72. The van der Waals surface area contributed by atoms with Crippen molar-refractivity contribution >= 4 is 17.1 Å². The SMILES string of the molecule is CC(=O)c1ccc(OCc2cnc(C)s2)c(C)c1. The minimum Gasteiger partial charge on any atom is -0.488 e. The van der Waals surface area contributed by atoms with Crippen LogP contribution < -0.4 is 4.74 Å². The van der Waals surface area contributed by atoms with Gasteiger partial charge in [0, 0.05) is 11.8 Å². The quantitative estimate of drug-likeness (QED) is 0.790. The lowest BCUT2D eigenvalue weighted by molar-refractivity contribution is 0.101. The summed E-state index contributed by atoms with van der Waals surface area (Å²) >= 11 is 1.63. The Morgan fingerprint density at radius 2 is 2.17 bits per heavy atom. The predicted molar refractivity (Wildman–Crippen MR) is 72.4 cm³/mol. The molecule has 0 amide bonds. The first kappa shape index (κ1) is 12.8. The van der Waals surface area contributed by atoms with Crippen LogP contribution >= 0.6 is 11.3 Å². The van der Waals surface area contributed by atoms with Crippen LogP contribution in [0.2, 0.25) is 0 Å². The molecule has 4 heteroatoms. The van der Waals surface area contributed by atoms with E-state index in [-0.39, 0.29) is 5.78 Å². The fraction of sp³-hybridized carbons (Fsp3) is 0.286. The molecule has 0 spiro atoms. The van der Waals surface area contributed by atoms with Crippen molar-refractivity contribution in [2.75, 3.05) is 0 Å². The lowest BCUT2D eigenvalue weighted by atomic mass is 10.1. The van der Waals surface area contributed by atoms with Crippen molar-refractivity contribution in [1.29, 1.82) is 0 Å². The number of aromatic nitrogens is 1. The van der Waals surface area contributed by atoms with E-state index in [1.807, 2.05) is 32.2 Å². The molecule has 0 saturated carbocycles. The van der Waals surface area contributed by atoms with Gasteiger partial charge in [-0.15, -0.1) is 11.3 Å². The van der Waals surface area contributed by atoms with Gasteiger partial charge < -0.3 is 4.74 Å². The van der Waals surface area contributed by atoms with Gasteiger partial charge in [-0.2, -0.15) is 0 Å². The smallest absolute Gasteiger partial charge is 0.159 e. The molecule has 0 atom stereocenters. The summed E-state index contributed by atoms with van der Waals surface area (Å²) < 4.78 is 5.73. The Morgan fingerprint density at radius 1 is 1.39 bits per heavy atom. The lowest BCUT2D eigenvalue weighted by Crippen LogP contribution is -1.98. The number of rotatable bonds is 4. The monoisotopic (exact) mass is 261 g/mol. The molecule has 94 valence electrons. The van der Waals surface area contributed by atoms with Crippen molar-refractivity contribution in [3.05, 3.63) is 45.4 Å². The molecule has 0 fully saturated rings. The van der Waals surface area contributed by atoms with Crippen LogP contribution in [0.5, 0.6) is 5.75 Å². The second kappa shape index (κ2) is 5.31. The summed E-state index contributed by atoms with van der Waals surface area (Å²) in [5, 5.41) is 1.04. The van der Waals surface area contributed by atoms with E-state index in [0.717, 1.165) is 21.2 Å². The topological polar surface area (TPSA) is 39.2 Å². The third-order valence-electron chi connectivity index (χ3n) is 2.62. The minimum absolute atomic E-state index is 0.0720. The Labute approximate surface area is 110 Å². The van der Waals surface area contributed by atoms with Gasteiger partial charge in [-0.25, -0.2) is 4.98 Å². The van der Waals surface area contributed by atoms with Crippen molar-refractivity contribution in [2.45, 2.75) is 27.4 Å². The number of hydrogen-bond acceptors (Lipinski definition) is 4. The Kier molecular flexibility index (Phi) is 3.77. The molecule has 0 unspecified atom stereocenters. The average Bonchev–Trinajstić information content (AvgIpc) is 2.73. The van der Waals surface area contributed by atoms with Crippen molar-refractivity contribution in [1.82, 2.24) is 4.98 Å². The fourth-order valence-corrected chi connectivity index (χ4v) is 2.36. The van der Waals surface area contributed by atoms with Crippen LogP contribution in [-0.2, 0) is 6.61 Å². The van der Waals surface area contributed by atoms with E-state index in [4.69, 9.17) is 4.74 Å². The number of benzene rings is 1. The van der Waals surface area contributed by atoms with Gasteiger partial charge in [0.2, 0.25) is 0 Å². The van der Waals surface area contributed by atoms with Gasteiger partial charge in [-0.1, -0.05) is 0 Å². The molecule has 18 heavy (non-hydrogen) atoms. The van der Waals surface area contributed by atoms with Crippen LogP contribution in [-0.4, -0.2) is 10.8 Å². The number of carbonyl (C=O) groups excluding carboxylic acids is 1. The van der Waals surface area contributed by atoms with E-state index in [0.29, 0.717) is 12.2 Å². The van der Waals surface area contributed by atoms with Gasteiger partial charge >= 0.3 is 0 Å². The highest BCUT2D eigenvalue weighted by Crippen LogP contribution is 2.22. The number of thiazole rings is 1. The van der Waals surface area contributed by atoms with Crippen LogP contribution in [0.4, 0.5) is 0 Å². The fourth-order valence-electron chi connectivity index (χ4n) is 1.65. The van der Waals surface area contributed by atoms with Crippen LogP contribution in [0, 0.1) is 13.8 Å². The summed E-state index contributed by atoms with van der Waals surface area (Å²) in [5.41, 5.74) is 1.69. The maximum absolute atomic E-state index is 11.2. The Morgan fingerprint density at radius 3 is 2.72 bits per heavy atom. The second-order valence-corrected chi connectivity index (χ2v) is 5.49. The average molecular weight is 261 g/mol. The largest absolute Gasteiger partial charge is 0.488 e. The first-order valence-corrected chi connectivity index (χ1v) is 6.53. The van der Waals surface area contributed by atoms with Crippen LogP contribution in [0.1, 0.15) is 32.7 Å². The van der Waals surface area contributed by atoms with Gasteiger partial charge in [0.25, 0.3) is 0 Å². The standard InChI is InChI=1S/C14H15NO2S/c1-9-6-12(10(2)16)4-5-14(9)17-8-13-7-15-11(3)18-13/h4-7H,8H2,1-3H3. The van der Waals surface area contributed by atoms with Crippen molar-refractivity contribution in [3.8, 4) is 5.75 Å². The molecule has 0 saturated heterocycles. The highest BCUT2D eigenvalue weighted by Gasteiger charge is 2.05. The highest BCUT2D eigenvalue weighted by molar-refractivity contribution is 7.11. The van der Waals surface area contributed by atoms with Gasteiger partial charge in [0.1, 0.15) is 12.4 Å². The zero-order valence-corrected chi connectivity index (χ0v) is 11.5. The summed E-state index contributed by atoms with van der Waals surface area (Å²) in [6.45, 7) is 6.00. The molecule has 2 rings (SSSR count). The van der Waals surface area contributed by atoms with E-state index in [1.165, 1.54) is 0 Å². The normalized spacial score (nSPS) is 10.4. The van der Waals surface area contributed by atoms with Gasteiger partial charge in [0.15, 0.2) is 5.78 Å². The summed E-state index contributed by atoms with van der Waals surface area (Å²) in [4.78, 5) is 16.5. The number of aryl methyl sites for hydroxylation is 2. The van der Waals surface area contributed by atoms with E-state index < -0.39 is 0 Å². The van der Waals surface area contributed by atoms with Gasteiger partial charge in [-0.05, 0) is 44.5 Å². The molecular formula is C14H15NO2S. The number of nitrogens with zero attached hydrogens (tertiary/aromatic N) is 1. The highest BCUT2D eigenvalue weighted by atomic mass is 32.1. The lowest BCUT2D eigenvalue weighted by Gasteiger charge is -2.08. The molecule has 0 aliphatic carbocycles. The van der Waals surface area contributed by atoms with Crippen LogP contribution in [0.15, 0.2) is 24.4 Å². The van der Waals surface area contributed by atoms with Crippen molar-refractivity contribution in [2.24, 2.45) is 0 Å². The Hall–Kier alpha value is -1.68. The summed E-state index contributed by atoms with van der Waals surface area (Å²) in [6, 6.07) is 5.50. The molecule has 0 aliphatic rings. The predicted octanol–water partition coefficient (Wildman–Crippen LogP) is 3.54. The van der Waals surface area contributed by atoms with Crippen molar-refractivity contribution < 1.29 is 9.53 Å². The zero-order chi connectivity index (χ0) is 13.1. The molecule has 1 aromatic carbocycles.